The van der Waals surface area contributed by atoms with E-state index in [1.165, 1.54) is 23.2 Å². The van der Waals surface area contributed by atoms with Crippen molar-refractivity contribution in [3.8, 4) is 0 Å². The summed E-state index contributed by atoms with van der Waals surface area (Å²) in [6.45, 7) is 6.69. The summed E-state index contributed by atoms with van der Waals surface area (Å²) in [5.41, 5.74) is 3.88. The molecule has 0 heterocycles. The molecule has 0 spiro atoms. The fraction of sp³-hybridized carbons (Fsp3) is 0.333. The second-order valence-electron chi connectivity index (χ2n) is 5.35. The zero-order valence-corrected chi connectivity index (χ0v) is 13.9. The monoisotopic (exact) mass is 331 g/mol. The van der Waals surface area contributed by atoms with Gasteiger partial charge in [0.2, 0.25) is 0 Å². The van der Waals surface area contributed by atoms with Crippen LogP contribution in [-0.2, 0) is 0 Å². The summed E-state index contributed by atoms with van der Waals surface area (Å²) in [4.78, 5) is 0. The molecule has 2 aromatic carbocycles. The van der Waals surface area contributed by atoms with Gasteiger partial charge in [-0.15, -0.1) is 0 Å². The quantitative estimate of drug-likeness (QED) is 0.694. The summed E-state index contributed by atoms with van der Waals surface area (Å²) in [6.07, 6.45) is 1.18. The lowest BCUT2D eigenvalue weighted by atomic mass is 9.98. The number of hydrogen-bond donors (Lipinski definition) is 1. The largest absolute Gasteiger partial charge is 0.379 e. The molecule has 2 aromatic rings. The third-order valence-electron chi connectivity index (χ3n) is 3.85. The normalized spacial score (nSPS) is 13.8. The van der Waals surface area contributed by atoms with Gasteiger partial charge in [-0.2, -0.15) is 0 Å². The van der Waals surface area contributed by atoms with Crippen LogP contribution in [0, 0.1) is 0 Å². The van der Waals surface area contributed by atoms with Crippen LogP contribution in [0.2, 0.25) is 0 Å². The molecule has 2 unspecified atom stereocenters. The zero-order valence-electron chi connectivity index (χ0n) is 12.4. The standard InChI is InChI=1S/C18H22BrN/c1-4-13(2)15-7-11-18(12-8-15)20-14(3)16-5-9-17(19)10-6-16/h5-14,20H,4H2,1-3H3. The van der Waals surface area contributed by atoms with Gasteiger partial charge in [0.25, 0.3) is 0 Å². The number of rotatable bonds is 5. The lowest BCUT2D eigenvalue weighted by Crippen LogP contribution is -2.06. The number of hydrogen-bond acceptors (Lipinski definition) is 1. The van der Waals surface area contributed by atoms with Gasteiger partial charge in [0.1, 0.15) is 0 Å². The minimum Gasteiger partial charge on any atom is -0.379 e. The minimum absolute atomic E-state index is 0.303. The molecule has 2 atom stereocenters. The van der Waals surface area contributed by atoms with Crippen molar-refractivity contribution in [3.63, 3.8) is 0 Å². The molecular weight excluding hydrogens is 310 g/mol. The average molecular weight is 332 g/mol. The Morgan fingerprint density at radius 3 is 2.00 bits per heavy atom. The van der Waals surface area contributed by atoms with Gasteiger partial charge in [0.05, 0.1) is 0 Å². The van der Waals surface area contributed by atoms with Gasteiger partial charge in [0.15, 0.2) is 0 Å². The van der Waals surface area contributed by atoms with E-state index < -0.39 is 0 Å². The van der Waals surface area contributed by atoms with E-state index in [0.717, 1.165) is 4.47 Å². The van der Waals surface area contributed by atoms with Gasteiger partial charge < -0.3 is 5.32 Å². The summed E-state index contributed by atoms with van der Waals surface area (Å²) >= 11 is 3.47. The zero-order chi connectivity index (χ0) is 14.5. The number of benzene rings is 2. The Hall–Kier alpha value is -1.28. The molecule has 0 bridgehead atoms. The van der Waals surface area contributed by atoms with E-state index in [-0.39, 0.29) is 0 Å². The van der Waals surface area contributed by atoms with Crippen LogP contribution in [0.25, 0.3) is 0 Å². The molecule has 0 aliphatic heterocycles. The van der Waals surface area contributed by atoms with Crippen LogP contribution in [0.4, 0.5) is 5.69 Å². The van der Waals surface area contributed by atoms with Crippen LogP contribution >= 0.6 is 15.9 Å². The number of anilines is 1. The van der Waals surface area contributed by atoms with Gasteiger partial charge in [-0.1, -0.05) is 54.0 Å². The third-order valence-corrected chi connectivity index (χ3v) is 4.37. The van der Waals surface area contributed by atoms with E-state index in [2.05, 4.69) is 90.5 Å². The fourth-order valence-corrected chi connectivity index (χ4v) is 2.49. The van der Waals surface area contributed by atoms with Crippen molar-refractivity contribution in [1.29, 1.82) is 0 Å². The highest BCUT2D eigenvalue weighted by Crippen LogP contribution is 2.24. The van der Waals surface area contributed by atoms with Crippen molar-refractivity contribution in [3.05, 3.63) is 64.1 Å². The van der Waals surface area contributed by atoms with E-state index in [0.29, 0.717) is 12.0 Å². The molecule has 1 nitrogen and oxygen atoms in total. The highest BCUT2D eigenvalue weighted by molar-refractivity contribution is 9.10. The Labute approximate surface area is 130 Å². The SMILES string of the molecule is CCC(C)c1ccc(NC(C)c2ccc(Br)cc2)cc1. The third kappa shape index (κ3) is 3.86. The van der Waals surface area contributed by atoms with Gasteiger partial charge in [-0.05, 0) is 54.7 Å². The van der Waals surface area contributed by atoms with Gasteiger partial charge >= 0.3 is 0 Å². The smallest absolute Gasteiger partial charge is 0.0485 e. The van der Waals surface area contributed by atoms with Crippen LogP contribution in [0.1, 0.15) is 50.3 Å². The second kappa shape index (κ2) is 6.94. The molecule has 1 N–H and O–H groups in total. The highest BCUT2D eigenvalue weighted by atomic mass is 79.9. The van der Waals surface area contributed by atoms with Crippen molar-refractivity contribution in [2.75, 3.05) is 5.32 Å². The van der Waals surface area contributed by atoms with Crippen molar-refractivity contribution in [2.45, 2.75) is 39.2 Å². The van der Waals surface area contributed by atoms with Crippen molar-refractivity contribution in [2.24, 2.45) is 0 Å². The number of halogens is 1. The minimum atomic E-state index is 0.303. The molecule has 0 aliphatic carbocycles. The van der Waals surface area contributed by atoms with E-state index in [1.807, 2.05) is 0 Å². The van der Waals surface area contributed by atoms with Crippen LogP contribution in [0.5, 0.6) is 0 Å². The lowest BCUT2D eigenvalue weighted by molar-refractivity contribution is 0.733. The Morgan fingerprint density at radius 2 is 1.45 bits per heavy atom. The van der Waals surface area contributed by atoms with E-state index in [9.17, 15) is 0 Å². The van der Waals surface area contributed by atoms with E-state index in [4.69, 9.17) is 0 Å². The summed E-state index contributed by atoms with van der Waals surface area (Å²) in [6, 6.07) is 17.6. The molecule has 0 radical (unpaired) electrons. The molecule has 0 aromatic heterocycles. The van der Waals surface area contributed by atoms with Crippen LogP contribution in [-0.4, -0.2) is 0 Å². The molecule has 2 heteroatoms. The first-order chi connectivity index (χ1) is 9.60. The van der Waals surface area contributed by atoms with Crippen LogP contribution in [0.3, 0.4) is 0 Å². The van der Waals surface area contributed by atoms with Crippen LogP contribution in [0.15, 0.2) is 53.0 Å². The van der Waals surface area contributed by atoms with Gasteiger partial charge in [-0.25, -0.2) is 0 Å². The predicted octanol–water partition coefficient (Wildman–Crippen LogP) is 6.14. The Balaban J connectivity index is 2.04. The van der Waals surface area contributed by atoms with Gasteiger partial charge in [-0.3, -0.25) is 0 Å². The second-order valence-corrected chi connectivity index (χ2v) is 6.26. The van der Waals surface area contributed by atoms with E-state index >= 15 is 0 Å². The maximum absolute atomic E-state index is 3.55. The number of nitrogens with one attached hydrogen (secondary N) is 1. The first-order valence-electron chi connectivity index (χ1n) is 7.22. The molecular formula is C18H22BrN. The molecule has 0 aliphatic rings. The molecule has 0 fully saturated rings. The lowest BCUT2D eigenvalue weighted by Gasteiger charge is -2.17. The summed E-state index contributed by atoms with van der Waals surface area (Å²) in [7, 11) is 0. The summed E-state index contributed by atoms with van der Waals surface area (Å²) < 4.78 is 1.12. The van der Waals surface area contributed by atoms with Crippen LogP contribution < -0.4 is 5.32 Å². The highest BCUT2D eigenvalue weighted by Gasteiger charge is 2.06. The molecule has 20 heavy (non-hydrogen) atoms. The summed E-state index contributed by atoms with van der Waals surface area (Å²) in [5.74, 6) is 0.632. The Bertz CT molecular complexity index is 530. The maximum atomic E-state index is 3.55. The van der Waals surface area contributed by atoms with Gasteiger partial charge in [0, 0.05) is 16.2 Å². The predicted molar refractivity (Wildman–Crippen MR) is 91.3 cm³/mol. The Kier molecular flexibility index (Phi) is 5.24. The fourth-order valence-electron chi connectivity index (χ4n) is 2.23. The molecule has 0 amide bonds. The molecule has 2 rings (SSSR count). The van der Waals surface area contributed by atoms with Crippen molar-refractivity contribution in [1.82, 2.24) is 0 Å². The molecule has 0 saturated carbocycles. The average Bonchev–Trinajstić information content (AvgIpc) is 2.48. The Morgan fingerprint density at radius 1 is 0.900 bits per heavy atom. The first-order valence-corrected chi connectivity index (χ1v) is 8.01. The topological polar surface area (TPSA) is 12.0 Å². The molecule has 0 saturated heterocycles. The van der Waals surface area contributed by atoms with E-state index in [1.54, 1.807) is 0 Å². The maximum Gasteiger partial charge on any atom is 0.0485 e. The van der Waals surface area contributed by atoms with Crippen molar-refractivity contribution < 1.29 is 0 Å². The first kappa shape index (κ1) is 15.1. The summed E-state index contributed by atoms with van der Waals surface area (Å²) in [5, 5.41) is 3.55. The van der Waals surface area contributed by atoms with Crippen molar-refractivity contribution >= 4 is 21.6 Å². The molecule has 106 valence electrons.